The molecule has 1 atom stereocenters. The predicted octanol–water partition coefficient (Wildman–Crippen LogP) is 2.61. The van der Waals surface area contributed by atoms with Crippen LogP contribution >= 0.6 is 0 Å². The van der Waals surface area contributed by atoms with E-state index in [1.807, 2.05) is 25.1 Å². The van der Waals surface area contributed by atoms with E-state index in [1.54, 1.807) is 6.07 Å². The Bertz CT molecular complexity index is 499. The zero-order chi connectivity index (χ0) is 11.5. The number of rotatable bonds is 2. The Labute approximate surface area is 93.4 Å². The normalized spacial score (nSPS) is 12.4. The molecule has 82 valence electrons. The summed E-state index contributed by atoms with van der Waals surface area (Å²) in [6, 6.07) is 8.87. The quantitative estimate of drug-likeness (QED) is 0.838. The third-order valence-corrected chi connectivity index (χ3v) is 2.46. The lowest BCUT2D eigenvalue weighted by Gasteiger charge is -2.12. The minimum absolute atomic E-state index is 0.251. The maximum Gasteiger partial charge on any atom is 0.147 e. The molecule has 0 aliphatic heterocycles. The summed E-state index contributed by atoms with van der Waals surface area (Å²) in [5, 5.41) is 10.0. The Kier molecular flexibility index (Phi) is 2.97. The van der Waals surface area contributed by atoms with E-state index in [4.69, 9.17) is 0 Å². The molecule has 2 nitrogen and oxygen atoms in total. The Morgan fingerprint density at radius 1 is 1.31 bits per heavy atom. The minimum atomic E-state index is -0.942. The number of aromatic nitrogens is 1. The van der Waals surface area contributed by atoms with Gasteiger partial charge in [-0.3, -0.25) is 4.98 Å². The van der Waals surface area contributed by atoms with Gasteiger partial charge in [-0.25, -0.2) is 4.39 Å². The van der Waals surface area contributed by atoms with Gasteiger partial charge in [-0.05, 0) is 18.6 Å². The molecule has 1 aromatic carbocycles. The topological polar surface area (TPSA) is 33.1 Å². The van der Waals surface area contributed by atoms with Crippen molar-refractivity contribution in [2.45, 2.75) is 13.0 Å². The third-order valence-electron chi connectivity index (χ3n) is 2.46. The summed E-state index contributed by atoms with van der Waals surface area (Å²) in [6.45, 7) is 1.93. The molecule has 0 radical (unpaired) electrons. The van der Waals surface area contributed by atoms with Crippen molar-refractivity contribution in [1.82, 2.24) is 4.98 Å². The molecule has 0 aliphatic rings. The summed E-state index contributed by atoms with van der Waals surface area (Å²) in [5.74, 6) is -0.489. The third kappa shape index (κ3) is 2.09. The van der Waals surface area contributed by atoms with E-state index in [2.05, 4.69) is 4.98 Å². The molecule has 2 aromatic rings. The highest BCUT2D eigenvalue weighted by Crippen LogP contribution is 2.23. The smallest absolute Gasteiger partial charge is 0.147 e. The first-order valence-corrected chi connectivity index (χ1v) is 5.02. The number of halogens is 1. The van der Waals surface area contributed by atoms with E-state index >= 15 is 0 Å². The van der Waals surface area contributed by atoms with Crippen LogP contribution in [-0.4, -0.2) is 10.1 Å². The standard InChI is InChI=1S/C13H12FNO/c1-9-3-2-4-10(7-9)13(16)11-5-6-15-8-12(11)14/h2-8,13,16H,1H3. The van der Waals surface area contributed by atoms with Crippen LogP contribution in [0, 0.1) is 12.7 Å². The van der Waals surface area contributed by atoms with Crippen molar-refractivity contribution < 1.29 is 9.50 Å². The highest BCUT2D eigenvalue weighted by atomic mass is 19.1. The highest BCUT2D eigenvalue weighted by molar-refractivity contribution is 5.31. The summed E-state index contributed by atoms with van der Waals surface area (Å²) < 4.78 is 13.4. The first kappa shape index (κ1) is 10.8. The molecule has 0 fully saturated rings. The summed E-state index contributed by atoms with van der Waals surface area (Å²) in [4.78, 5) is 3.65. The lowest BCUT2D eigenvalue weighted by atomic mass is 10.0. The maximum atomic E-state index is 13.4. The zero-order valence-corrected chi connectivity index (χ0v) is 8.89. The lowest BCUT2D eigenvalue weighted by Crippen LogP contribution is -2.03. The van der Waals surface area contributed by atoms with Gasteiger partial charge in [0.1, 0.15) is 11.9 Å². The Morgan fingerprint density at radius 3 is 2.81 bits per heavy atom. The van der Waals surface area contributed by atoms with Crippen LogP contribution in [0.4, 0.5) is 4.39 Å². The van der Waals surface area contributed by atoms with Crippen molar-refractivity contribution in [3.05, 3.63) is 65.2 Å². The van der Waals surface area contributed by atoms with Gasteiger partial charge in [-0.15, -0.1) is 0 Å². The highest BCUT2D eigenvalue weighted by Gasteiger charge is 2.14. The average molecular weight is 217 g/mol. The van der Waals surface area contributed by atoms with Crippen molar-refractivity contribution in [3.63, 3.8) is 0 Å². The summed E-state index contributed by atoms with van der Waals surface area (Å²) >= 11 is 0. The summed E-state index contributed by atoms with van der Waals surface area (Å²) in [6.07, 6.45) is 1.63. The fraction of sp³-hybridized carbons (Fsp3) is 0.154. The van der Waals surface area contributed by atoms with E-state index in [-0.39, 0.29) is 5.56 Å². The molecular weight excluding hydrogens is 205 g/mol. The Balaban J connectivity index is 2.39. The van der Waals surface area contributed by atoms with Crippen LogP contribution in [0.1, 0.15) is 22.8 Å². The van der Waals surface area contributed by atoms with E-state index in [0.29, 0.717) is 5.56 Å². The van der Waals surface area contributed by atoms with Gasteiger partial charge in [-0.2, -0.15) is 0 Å². The van der Waals surface area contributed by atoms with E-state index in [9.17, 15) is 9.50 Å². The van der Waals surface area contributed by atoms with E-state index < -0.39 is 11.9 Å². The largest absolute Gasteiger partial charge is 0.384 e. The monoisotopic (exact) mass is 217 g/mol. The molecule has 0 amide bonds. The van der Waals surface area contributed by atoms with Crippen LogP contribution < -0.4 is 0 Å². The number of aliphatic hydroxyl groups is 1. The molecule has 0 bridgehead atoms. The maximum absolute atomic E-state index is 13.4. The van der Waals surface area contributed by atoms with Crippen LogP contribution in [0.15, 0.2) is 42.7 Å². The molecule has 1 unspecified atom stereocenters. The van der Waals surface area contributed by atoms with Gasteiger partial charge in [0.2, 0.25) is 0 Å². The van der Waals surface area contributed by atoms with Crippen LogP contribution in [0.3, 0.4) is 0 Å². The van der Waals surface area contributed by atoms with Gasteiger partial charge in [0.25, 0.3) is 0 Å². The van der Waals surface area contributed by atoms with Crippen LogP contribution in [-0.2, 0) is 0 Å². The van der Waals surface area contributed by atoms with Crippen molar-refractivity contribution in [2.24, 2.45) is 0 Å². The van der Waals surface area contributed by atoms with Crippen molar-refractivity contribution in [3.8, 4) is 0 Å². The number of pyridine rings is 1. The lowest BCUT2D eigenvalue weighted by molar-refractivity contribution is 0.214. The zero-order valence-electron chi connectivity index (χ0n) is 8.89. The molecule has 2 rings (SSSR count). The molecule has 0 saturated heterocycles. The Morgan fingerprint density at radius 2 is 2.12 bits per heavy atom. The molecule has 1 N–H and O–H groups in total. The first-order chi connectivity index (χ1) is 7.68. The van der Waals surface area contributed by atoms with Crippen LogP contribution in [0.2, 0.25) is 0 Å². The SMILES string of the molecule is Cc1cccc(C(O)c2ccncc2F)c1. The number of aryl methyl sites for hydroxylation is 1. The molecule has 3 heteroatoms. The average Bonchev–Trinajstić information content (AvgIpc) is 2.29. The van der Waals surface area contributed by atoms with Crippen molar-refractivity contribution >= 4 is 0 Å². The number of hydrogen-bond donors (Lipinski definition) is 1. The predicted molar refractivity (Wildman–Crippen MR) is 59.4 cm³/mol. The second-order valence-electron chi connectivity index (χ2n) is 3.71. The van der Waals surface area contributed by atoms with Crippen LogP contribution in [0.5, 0.6) is 0 Å². The summed E-state index contributed by atoms with van der Waals surface area (Å²) in [7, 11) is 0. The number of benzene rings is 1. The van der Waals surface area contributed by atoms with Gasteiger partial charge in [0, 0.05) is 11.8 Å². The minimum Gasteiger partial charge on any atom is -0.384 e. The molecule has 0 aliphatic carbocycles. The Hall–Kier alpha value is -1.74. The molecule has 1 aromatic heterocycles. The van der Waals surface area contributed by atoms with Crippen molar-refractivity contribution in [2.75, 3.05) is 0 Å². The molecule has 0 spiro atoms. The molecule has 16 heavy (non-hydrogen) atoms. The van der Waals surface area contributed by atoms with Gasteiger partial charge in [0.05, 0.1) is 6.20 Å². The number of hydrogen-bond acceptors (Lipinski definition) is 2. The number of nitrogens with zero attached hydrogens (tertiary/aromatic N) is 1. The van der Waals surface area contributed by atoms with Gasteiger partial charge in [0.15, 0.2) is 0 Å². The van der Waals surface area contributed by atoms with Crippen LogP contribution in [0.25, 0.3) is 0 Å². The van der Waals surface area contributed by atoms with Gasteiger partial charge in [-0.1, -0.05) is 29.8 Å². The molecule has 1 heterocycles. The first-order valence-electron chi connectivity index (χ1n) is 5.02. The van der Waals surface area contributed by atoms with Gasteiger partial charge < -0.3 is 5.11 Å². The fourth-order valence-electron chi connectivity index (χ4n) is 1.63. The number of aliphatic hydroxyl groups excluding tert-OH is 1. The van der Waals surface area contributed by atoms with Gasteiger partial charge >= 0.3 is 0 Å². The second-order valence-corrected chi connectivity index (χ2v) is 3.71. The molecule has 0 saturated carbocycles. The second kappa shape index (κ2) is 4.41. The van der Waals surface area contributed by atoms with Crippen molar-refractivity contribution in [1.29, 1.82) is 0 Å². The van der Waals surface area contributed by atoms with E-state index in [1.165, 1.54) is 12.3 Å². The summed E-state index contributed by atoms with van der Waals surface area (Å²) in [5.41, 5.74) is 1.97. The molecular formula is C13H12FNO. The van der Waals surface area contributed by atoms with E-state index in [0.717, 1.165) is 11.8 Å². The fourth-order valence-corrected chi connectivity index (χ4v) is 1.63.